The zero-order chi connectivity index (χ0) is 58.1. The summed E-state index contributed by atoms with van der Waals surface area (Å²) in [5.74, 6) is -8.64. The smallest absolute Gasteiger partial charge is 0.414 e. The van der Waals surface area contributed by atoms with Gasteiger partial charge < -0.3 is 50.6 Å². The SMILES string of the molecule is C.CC(=O)C(=O)O.CC(=O)C(=O)O.CCOC(=O)CNCc1ccc(CN2CCCC2)cc1.CCOC(=O)CNCc1cccc(CN2CCCC2)c1.CCOC(=O)CNCc1ccccc1CN1CCCC1.O=C(O)C(=O)O. The van der Waals surface area contributed by atoms with Gasteiger partial charge in [0.2, 0.25) is 11.6 Å². The maximum Gasteiger partial charge on any atom is 0.414 e. The number of rotatable bonds is 23. The molecule has 3 aliphatic rings. The van der Waals surface area contributed by atoms with Crippen LogP contribution in [0.5, 0.6) is 0 Å². The average molecular weight is 1110 g/mol. The number of nitrogens with one attached hydrogen (secondary N) is 3. The summed E-state index contributed by atoms with van der Waals surface area (Å²) in [6, 6.07) is 25.6. The Morgan fingerprint density at radius 2 is 0.747 bits per heavy atom. The molecule has 3 aromatic rings. The predicted molar refractivity (Wildman–Crippen MR) is 297 cm³/mol. The minimum absolute atomic E-state index is 0. The number of carbonyl (C=O) groups is 9. The van der Waals surface area contributed by atoms with Crippen molar-refractivity contribution in [1.82, 2.24) is 30.7 Å². The number of nitrogens with zero attached hydrogens (tertiary/aromatic N) is 3. The Hall–Kier alpha value is -6.95. The molecule has 6 rings (SSSR count). The number of carboxylic acids is 4. The second-order valence-electron chi connectivity index (χ2n) is 17.9. The van der Waals surface area contributed by atoms with Crippen molar-refractivity contribution in [2.45, 2.75) is 120 Å². The molecular formula is C57H86N6O16. The molecule has 79 heavy (non-hydrogen) atoms. The monoisotopic (exact) mass is 1110 g/mol. The number of ketones is 2. The minimum Gasteiger partial charge on any atom is -0.476 e. The van der Waals surface area contributed by atoms with Crippen molar-refractivity contribution in [3.63, 3.8) is 0 Å². The number of ether oxygens (including phenoxy) is 3. The first kappa shape index (κ1) is 72.0. The van der Waals surface area contributed by atoms with Gasteiger partial charge in [0.25, 0.3) is 0 Å². The molecule has 0 bridgehead atoms. The van der Waals surface area contributed by atoms with Gasteiger partial charge in [-0.2, -0.15) is 0 Å². The van der Waals surface area contributed by atoms with E-state index in [1.807, 2.05) is 20.8 Å². The highest BCUT2D eigenvalue weighted by molar-refractivity contribution is 6.31. The summed E-state index contributed by atoms with van der Waals surface area (Å²) in [4.78, 5) is 97.2. The van der Waals surface area contributed by atoms with Crippen LogP contribution in [0.2, 0.25) is 0 Å². The third-order valence-corrected chi connectivity index (χ3v) is 11.4. The van der Waals surface area contributed by atoms with Crippen LogP contribution in [0.1, 0.15) is 114 Å². The van der Waals surface area contributed by atoms with Crippen molar-refractivity contribution >= 4 is 53.4 Å². The molecule has 22 nitrogen and oxygen atoms in total. The topological polar surface area (TPSA) is 308 Å². The fraction of sp³-hybridized carbons (Fsp3) is 0.526. The molecule has 440 valence electrons. The fourth-order valence-electron chi connectivity index (χ4n) is 7.62. The van der Waals surface area contributed by atoms with Crippen molar-refractivity contribution in [2.75, 3.05) is 78.7 Å². The largest absolute Gasteiger partial charge is 0.476 e. The van der Waals surface area contributed by atoms with Crippen LogP contribution < -0.4 is 16.0 Å². The van der Waals surface area contributed by atoms with Crippen molar-refractivity contribution in [3.05, 3.63) is 106 Å². The van der Waals surface area contributed by atoms with Crippen molar-refractivity contribution in [2.24, 2.45) is 0 Å². The van der Waals surface area contributed by atoms with Gasteiger partial charge in [-0.3, -0.25) is 38.7 Å². The van der Waals surface area contributed by atoms with E-state index in [-0.39, 0.29) is 45.0 Å². The van der Waals surface area contributed by atoms with E-state index in [1.165, 1.54) is 111 Å². The summed E-state index contributed by atoms with van der Waals surface area (Å²) in [6.07, 6.45) is 7.92. The Morgan fingerprint density at radius 1 is 0.418 bits per heavy atom. The number of hydrogen-bond donors (Lipinski definition) is 7. The van der Waals surface area contributed by atoms with Crippen LogP contribution in [-0.4, -0.2) is 167 Å². The summed E-state index contributed by atoms with van der Waals surface area (Å²) < 4.78 is 14.7. The Kier molecular flexibility index (Phi) is 40.1. The summed E-state index contributed by atoms with van der Waals surface area (Å²) in [6.45, 7) is 22.1. The second kappa shape index (κ2) is 44.0. The summed E-state index contributed by atoms with van der Waals surface area (Å²) in [7, 11) is 0. The van der Waals surface area contributed by atoms with Crippen LogP contribution >= 0.6 is 0 Å². The average Bonchev–Trinajstić information content (AvgIpc) is 4.23. The third kappa shape index (κ3) is 36.7. The lowest BCUT2D eigenvalue weighted by molar-refractivity contribution is -0.159. The lowest BCUT2D eigenvalue weighted by Crippen LogP contribution is -2.25. The van der Waals surface area contributed by atoms with Gasteiger partial charge in [-0.25, -0.2) is 19.2 Å². The zero-order valence-electron chi connectivity index (χ0n) is 45.9. The number of Topliss-reactive ketones (excluding diaryl/α,β-unsaturated/α-hetero) is 2. The maximum atomic E-state index is 11.3. The molecule has 3 aromatic carbocycles. The Labute approximate surface area is 465 Å². The summed E-state index contributed by atoms with van der Waals surface area (Å²) in [5, 5.41) is 39.4. The number of esters is 3. The number of likely N-dealkylation sites (tertiary alicyclic amines) is 3. The second-order valence-corrected chi connectivity index (χ2v) is 17.9. The van der Waals surface area contributed by atoms with Gasteiger partial charge in [0.05, 0.1) is 39.5 Å². The van der Waals surface area contributed by atoms with Gasteiger partial charge in [-0.1, -0.05) is 80.2 Å². The van der Waals surface area contributed by atoms with Crippen LogP contribution in [0.25, 0.3) is 0 Å². The van der Waals surface area contributed by atoms with Crippen molar-refractivity contribution in [3.8, 4) is 0 Å². The maximum absolute atomic E-state index is 11.3. The van der Waals surface area contributed by atoms with Gasteiger partial charge in [0.1, 0.15) is 0 Å². The quantitative estimate of drug-likeness (QED) is 0.0377. The Morgan fingerprint density at radius 3 is 1.13 bits per heavy atom. The molecule has 22 heteroatoms. The van der Waals surface area contributed by atoms with Gasteiger partial charge in [-0.15, -0.1) is 0 Å². The number of hydrogen-bond acceptors (Lipinski definition) is 18. The van der Waals surface area contributed by atoms with E-state index in [1.54, 1.807) is 0 Å². The van der Waals surface area contributed by atoms with Crippen LogP contribution in [0.4, 0.5) is 0 Å². The molecular weight excluding hydrogens is 1020 g/mol. The van der Waals surface area contributed by atoms with E-state index in [2.05, 4.69) is 103 Å². The van der Waals surface area contributed by atoms with Crippen molar-refractivity contribution in [1.29, 1.82) is 0 Å². The first-order valence-electron chi connectivity index (χ1n) is 26.2. The highest BCUT2D eigenvalue weighted by atomic mass is 16.5. The van der Waals surface area contributed by atoms with E-state index in [4.69, 9.17) is 44.2 Å². The lowest BCUT2D eigenvalue weighted by atomic mass is 10.1. The number of aliphatic carboxylic acids is 4. The van der Waals surface area contributed by atoms with Crippen LogP contribution in [0, 0.1) is 0 Å². The number of carbonyl (C=O) groups excluding carboxylic acids is 5. The zero-order valence-corrected chi connectivity index (χ0v) is 45.9. The molecule has 0 aromatic heterocycles. The Balaban J connectivity index is 0.000000993. The highest BCUT2D eigenvalue weighted by Gasteiger charge is 2.15. The molecule has 3 aliphatic heterocycles. The Bertz CT molecular complexity index is 2190. The highest BCUT2D eigenvalue weighted by Crippen LogP contribution is 2.17. The first-order chi connectivity index (χ1) is 37.3. The van der Waals surface area contributed by atoms with E-state index in [9.17, 15) is 33.6 Å². The van der Waals surface area contributed by atoms with Crippen molar-refractivity contribution < 1.29 is 77.8 Å². The molecule has 0 spiro atoms. The third-order valence-electron chi connectivity index (χ3n) is 11.4. The lowest BCUT2D eigenvalue weighted by Gasteiger charge is -2.17. The van der Waals surface area contributed by atoms with Gasteiger partial charge in [0, 0.05) is 53.1 Å². The molecule has 0 aliphatic carbocycles. The molecule has 0 unspecified atom stereocenters. The predicted octanol–water partition coefficient (Wildman–Crippen LogP) is 4.92. The van der Waals surface area contributed by atoms with E-state index >= 15 is 0 Å². The van der Waals surface area contributed by atoms with Crippen LogP contribution in [0.3, 0.4) is 0 Å². The van der Waals surface area contributed by atoms with Gasteiger partial charge in [0.15, 0.2) is 0 Å². The first-order valence-corrected chi connectivity index (χ1v) is 26.2. The van der Waals surface area contributed by atoms with E-state index in [0.717, 1.165) is 33.5 Å². The van der Waals surface area contributed by atoms with Crippen LogP contribution in [0.15, 0.2) is 72.8 Å². The van der Waals surface area contributed by atoms with Crippen LogP contribution in [-0.2, 0) is 96.6 Å². The van der Waals surface area contributed by atoms with Gasteiger partial charge in [-0.05, 0) is 132 Å². The van der Waals surface area contributed by atoms with E-state index in [0.29, 0.717) is 39.5 Å². The molecule has 7 N–H and O–H groups in total. The molecule has 3 saturated heterocycles. The molecule has 3 fully saturated rings. The molecule has 0 atom stereocenters. The standard InChI is InChI=1S/3C16H24N2O2.2C3H4O3.C2H2O4.CH4/c1-2-20-16(19)12-17-11-14-5-7-15(8-6-14)13-18-9-3-4-10-18;1-2-20-16(19)12-17-11-14-6-5-7-15(10-14)13-18-8-3-4-9-18;1-2-20-16(19)12-17-11-14-7-3-4-8-15(14)13-18-9-5-6-10-18;2*1-2(4)3(5)6;3-1(4)2(5)6;/h5-8,17H,2-4,9-13H2,1H3;5-7,10,17H,2-4,8-9,11-13H2,1H3;3-4,7-8,17H,2,5-6,9-13H2,1H3;2*1H3,(H,5,6);(H,3,4)(H,5,6);1H4. The molecule has 0 saturated carbocycles. The summed E-state index contributed by atoms with van der Waals surface area (Å²) in [5.41, 5.74) is 7.74. The number of benzene rings is 3. The van der Waals surface area contributed by atoms with Gasteiger partial charge >= 0.3 is 41.8 Å². The minimum atomic E-state index is -1.82. The molecule has 0 radical (unpaired) electrons. The molecule has 3 heterocycles. The fourth-order valence-corrected chi connectivity index (χ4v) is 7.62. The van der Waals surface area contributed by atoms with E-state index < -0.39 is 35.4 Å². The number of carboxylic acid groups (broad SMARTS) is 4. The summed E-state index contributed by atoms with van der Waals surface area (Å²) >= 11 is 0. The molecule has 0 amide bonds. The normalized spacial score (nSPS) is 13.4.